The van der Waals surface area contributed by atoms with Crippen LogP contribution in [0.3, 0.4) is 0 Å². The number of carbonyl (C=O) groups is 2. The van der Waals surface area contributed by atoms with E-state index in [1.807, 2.05) is 6.92 Å². The number of rotatable bonds is 9. The Morgan fingerprint density at radius 1 is 1.19 bits per heavy atom. The summed E-state index contributed by atoms with van der Waals surface area (Å²) in [6, 6.07) is 3.00. The molecular formula is C15H17F2N5O2S2. The molecule has 0 aliphatic rings. The molecule has 1 heterocycles. The molecule has 0 aliphatic heterocycles. The van der Waals surface area contributed by atoms with Gasteiger partial charge in [0.15, 0.2) is 16.0 Å². The van der Waals surface area contributed by atoms with E-state index in [0.717, 1.165) is 25.1 Å². The third kappa shape index (κ3) is 6.56. The molecule has 7 nitrogen and oxygen atoms in total. The zero-order chi connectivity index (χ0) is 18.9. The van der Waals surface area contributed by atoms with Crippen molar-refractivity contribution in [2.24, 2.45) is 0 Å². The van der Waals surface area contributed by atoms with E-state index in [9.17, 15) is 18.4 Å². The van der Waals surface area contributed by atoms with Crippen molar-refractivity contribution in [3.8, 4) is 0 Å². The summed E-state index contributed by atoms with van der Waals surface area (Å²) in [5.41, 5.74) is 0.110. The third-order valence-corrected chi connectivity index (χ3v) is 4.92. The van der Waals surface area contributed by atoms with Crippen molar-refractivity contribution in [3.63, 3.8) is 0 Å². The average Bonchev–Trinajstić information content (AvgIpc) is 3.07. The number of hydrogen-bond acceptors (Lipinski definition) is 7. The minimum Gasteiger partial charge on any atom is -0.360 e. The number of nitrogens with zero attached hydrogens (tertiary/aromatic N) is 2. The number of carbonyl (C=O) groups excluding carboxylic acids is 2. The molecule has 0 saturated carbocycles. The van der Waals surface area contributed by atoms with Crippen molar-refractivity contribution in [2.45, 2.75) is 17.7 Å². The number of nitrogens with one attached hydrogen (secondary N) is 3. The van der Waals surface area contributed by atoms with Gasteiger partial charge in [0.05, 0.1) is 12.3 Å². The molecule has 1 aromatic carbocycles. The molecule has 0 fully saturated rings. The second kappa shape index (κ2) is 10.0. The predicted molar refractivity (Wildman–Crippen MR) is 97.4 cm³/mol. The second-order valence-corrected chi connectivity index (χ2v) is 7.24. The van der Waals surface area contributed by atoms with Crippen LogP contribution in [0.5, 0.6) is 0 Å². The number of anilines is 2. The molecule has 0 bridgehead atoms. The Labute approximate surface area is 157 Å². The molecular weight excluding hydrogens is 384 g/mol. The number of thioether (sulfide) groups is 1. The molecule has 2 aromatic rings. The van der Waals surface area contributed by atoms with Crippen LogP contribution in [0, 0.1) is 11.6 Å². The first kappa shape index (κ1) is 20.0. The fourth-order valence-electron chi connectivity index (χ4n) is 1.71. The summed E-state index contributed by atoms with van der Waals surface area (Å²) in [6.07, 6.45) is 0.969. The van der Waals surface area contributed by atoms with Crippen LogP contribution in [0.25, 0.3) is 0 Å². The van der Waals surface area contributed by atoms with E-state index in [-0.39, 0.29) is 23.9 Å². The average molecular weight is 401 g/mol. The zero-order valence-corrected chi connectivity index (χ0v) is 15.5. The van der Waals surface area contributed by atoms with Crippen molar-refractivity contribution < 1.29 is 18.4 Å². The van der Waals surface area contributed by atoms with Gasteiger partial charge >= 0.3 is 0 Å². The SMILES string of the molecule is CCCNc1nnc(SCC(=O)NCC(=O)Nc2ccc(F)c(F)c2)s1. The normalized spacial score (nSPS) is 10.4. The lowest BCUT2D eigenvalue weighted by Gasteiger charge is -2.07. The van der Waals surface area contributed by atoms with Crippen molar-refractivity contribution in [3.05, 3.63) is 29.8 Å². The standard InChI is InChI=1S/C15H17F2N5O2S2/c1-2-5-18-14-21-22-15(26-14)25-8-13(24)19-7-12(23)20-9-3-4-10(16)11(17)6-9/h3-4,6H,2,5,7-8H2,1H3,(H,18,21)(H,19,24)(H,20,23). The second-order valence-electron chi connectivity index (χ2n) is 5.04. The van der Waals surface area contributed by atoms with Crippen molar-refractivity contribution >= 4 is 45.7 Å². The fourth-order valence-corrected chi connectivity index (χ4v) is 3.32. The summed E-state index contributed by atoms with van der Waals surface area (Å²) >= 11 is 2.56. The molecule has 0 radical (unpaired) electrons. The number of aromatic nitrogens is 2. The van der Waals surface area contributed by atoms with Gasteiger partial charge in [-0.05, 0) is 18.6 Å². The molecule has 1 aromatic heterocycles. The lowest BCUT2D eigenvalue weighted by atomic mass is 10.3. The highest BCUT2D eigenvalue weighted by Crippen LogP contribution is 2.25. The van der Waals surface area contributed by atoms with Gasteiger partial charge in [-0.2, -0.15) is 0 Å². The van der Waals surface area contributed by atoms with Crippen LogP contribution < -0.4 is 16.0 Å². The van der Waals surface area contributed by atoms with E-state index >= 15 is 0 Å². The van der Waals surface area contributed by atoms with Crippen LogP contribution >= 0.6 is 23.1 Å². The van der Waals surface area contributed by atoms with Gasteiger partial charge in [0, 0.05) is 18.3 Å². The molecule has 26 heavy (non-hydrogen) atoms. The number of halogens is 2. The number of amides is 2. The Balaban J connectivity index is 1.70. The molecule has 2 amide bonds. The van der Waals surface area contributed by atoms with E-state index < -0.39 is 17.5 Å². The minimum absolute atomic E-state index is 0.0842. The lowest BCUT2D eigenvalue weighted by Crippen LogP contribution is -2.33. The minimum atomic E-state index is -1.06. The first-order valence-corrected chi connectivity index (χ1v) is 9.50. The van der Waals surface area contributed by atoms with Gasteiger partial charge in [0.1, 0.15) is 0 Å². The zero-order valence-electron chi connectivity index (χ0n) is 13.8. The molecule has 140 valence electrons. The third-order valence-electron chi connectivity index (χ3n) is 2.91. The Kier molecular flexibility index (Phi) is 7.73. The van der Waals surface area contributed by atoms with Gasteiger partial charge in [-0.3, -0.25) is 9.59 Å². The van der Waals surface area contributed by atoms with Gasteiger partial charge in [-0.1, -0.05) is 30.0 Å². The lowest BCUT2D eigenvalue weighted by molar-refractivity contribution is -0.122. The van der Waals surface area contributed by atoms with Gasteiger partial charge in [-0.15, -0.1) is 10.2 Å². The molecule has 0 spiro atoms. The van der Waals surface area contributed by atoms with E-state index in [0.29, 0.717) is 9.47 Å². The van der Waals surface area contributed by atoms with Crippen LogP contribution in [0.1, 0.15) is 13.3 Å². The first-order chi connectivity index (χ1) is 12.5. The first-order valence-electron chi connectivity index (χ1n) is 7.69. The topological polar surface area (TPSA) is 96.0 Å². The Bertz CT molecular complexity index is 772. The van der Waals surface area contributed by atoms with Gasteiger partial charge in [-0.25, -0.2) is 8.78 Å². The van der Waals surface area contributed by atoms with Crippen LogP contribution in [0.4, 0.5) is 19.6 Å². The Morgan fingerprint density at radius 2 is 2.00 bits per heavy atom. The molecule has 0 saturated heterocycles. The predicted octanol–water partition coefficient (Wildman–Crippen LogP) is 2.49. The van der Waals surface area contributed by atoms with Crippen molar-refractivity contribution in [1.82, 2.24) is 15.5 Å². The van der Waals surface area contributed by atoms with Crippen LogP contribution in [0.15, 0.2) is 22.5 Å². The molecule has 3 N–H and O–H groups in total. The van der Waals surface area contributed by atoms with Gasteiger partial charge in [0.25, 0.3) is 0 Å². The monoisotopic (exact) mass is 401 g/mol. The smallest absolute Gasteiger partial charge is 0.243 e. The molecule has 0 atom stereocenters. The van der Waals surface area contributed by atoms with E-state index in [1.54, 1.807) is 0 Å². The largest absolute Gasteiger partial charge is 0.360 e. The maximum Gasteiger partial charge on any atom is 0.243 e. The van der Waals surface area contributed by atoms with Crippen molar-refractivity contribution in [1.29, 1.82) is 0 Å². The Hall–Kier alpha value is -2.27. The van der Waals surface area contributed by atoms with Crippen LogP contribution in [-0.4, -0.2) is 40.9 Å². The molecule has 0 unspecified atom stereocenters. The van der Waals surface area contributed by atoms with E-state index in [4.69, 9.17) is 0 Å². The van der Waals surface area contributed by atoms with Crippen LogP contribution in [-0.2, 0) is 9.59 Å². The van der Waals surface area contributed by atoms with Gasteiger partial charge in [0.2, 0.25) is 16.9 Å². The van der Waals surface area contributed by atoms with Gasteiger partial charge < -0.3 is 16.0 Å². The molecule has 2 rings (SSSR count). The van der Waals surface area contributed by atoms with Crippen LogP contribution in [0.2, 0.25) is 0 Å². The summed E-state index contributed by atoms with van der Waals surface area (Å²) in [6.45, 7) is 2.56. The summed E-state index contributed by atoms with van der Waals surface area (Å²) in [5.74, 6) is -2.88. The highest BCUT2D eigenvalue weighted by atomic mass is 32.2. The Morgan fingerprint density at radius 3 is 2.73 bits per heavy atom. The quantitative estimate of drug-likeness (QED) is 0.559. The summed E-state index contributed by atoms with van der Waals surface area (Å²) in [4.78, 5) is 23.5. The summed E-state index contributed by atoms with van der Waals surface area (Å²) < 4.78 is 26.5. The maximum atomic E-state index is 13.1. The number of hydrogen-bond donors (Lipinski definition) is 3. The van der Waals surface area contributed by atoms with Crippen molar-refractivity contribution in [2.75, 3.05) is 29.5 Å². The highest BCUT2D eigenvalue weighted by Gasteiger charge is 2.10. The summed E-state index contributed by atoms with van der Waals surface area (Å²) in [7, 11) is 0. The van der Waals surface area contributed by atoms with E-state index in [1.165, 1.54) is 29.2 Å². The number of benzene rings is 1. The summed E-state index contributed by atoms with van der Waals surface area (Å²) in [5, 5.41) is 16.5. The van der Waals surface area contributed by atoms with E-state index in [2.05, 4.69) is 26.1 Å². The molecule has 11 heteroatoms. The molecule has 0 aliphatic carbocycles. The fraction of sp³-hybridized carbons (Fsp3) is 0.333. The highest BCUT2D eigenvalue weighted by molar-refractivity contribution is 8.01. The maximum absolute atomic E-state index is 13.1.